The predicted molar refractivity (Wildman–Crippen MR) is 77.2 cm³/mol. The van der Waals surface area contributed by atoms with Crippen molar-refractivity contribution < 1.29 is 19.1 Å². The Kier molecular flexibility index (Phi) is 3.27. The third kappa shape index (κ3) is 2.68. The first kappa shape index (κ1) is 13.5. The first-order chi connectivity index (χ1) is 10.0. The number of nitrogens with zero attached hydrogens (tertiary/aromatic N) is 1. The fraction of sp³-hybridized carbons (Fsp3) is 0.0667. The Morgan fingerprint density at radius 3 is 2.81 bits per heavy atom. The van der Waals surface area contributed by atoms with Crippen molar-refractivity contribution in [3.63, 3.8) is 0 Å². The molecule has 21 heavy (non-hydrogen) atoms. The first-order valence-electron chi connectivity index (χ1n) is 6.11. The van der Waals surface area contributed by atoms with Gasteiger partial charge in [0.25, 0.3) is 0 Å². The van der Waals surface area contributed by atoms with Crippen LogP contribution in [-0.2, 0) is 0 Å². The minimum Gasteiger partial charge on any atom is -0.478 e. The number of aromatic carboxylic acids is 1. The summed E-state index contributed by atoms with van der Waals surface area (Å²) in [4.78, 5) is 15.1. The molecule has 0 aliphatic carbocycles. The van der Waals surface area contributed by atoms with Gasteiger partial charge in [-0.05, 0) is 48.9 Å². The maximum Gasteiger partial charge on any atom is 0.400 e. The van der Waals surface area contributed by atoms with Gasteiger partial charge in [-0.3, -0.25) is 0 Å². The summed E-state index contributed by atoms with van der Waals surface area (Å²) in [5.74, 6) is -0.481. The molecule has 0 saturated heterocycles. The number of benzene rings is 2. The number of oxazole rings is 1. The maximum absolute atomic E-state index is 10.9. The molecule has 106 valence electrons. The largest absolute Gasteiger partial charge is 0.478 e. The molecule has 1 heterocycles. The zero-order chi connectivity index (χ0) is 15.0. The number of carbonyl (C=O) groups is 1. The molecule has 0 unspecified atom stereocenters. The minimum atomic E-state index is -1.02. The summed E-state index contributed by atoms with van der Waals surface area (Å²) in [7, 11) is 0. The minimum absolute atomic E-state index is 0.0502. The van der Waals surface area contributed by atoms with E-state index in [2.05, 4.69) is 4.98 Å². The Labute approximate surface area is 124 Å². The monoisotopic (exact) mass is 303 g/mol. The van der Waals surface area contributed by atoms with Crippen molar-refractivity contribution in [2.24, 2.45) is 0 Å². The Balaban J connectivity index is 1.93. The Bertz CT molecular complexity index is 841. The van der Waals surface area contributed by atoms with Gasteiger partial charge in [-0.15, -0.1) is 0 Å². The predicted octanol–water partition coefficient (Wildman–Crippen LogP) is 4.28. The highest BCUT2D eigenvalue weighted by Crippen LogP contribution is 2.28. The molecule has 6 heteroatoms. The van der Waals surface area contributed by atoms with Crippen LogP contribution in [-0.4, -0.2) is 16.1 Å². The average molecular weight is 304 g/mol. The van der Waals surface area contributed by atoms with E-state index >= 15 is 0 Å². The third-order valence-corrected chi connectivity index (χ3v) is 3.37. The fourth-order valence-corrected chi connectivity index (χ4v) is 1.98. The Hall–Kier alpha value is -2.53. The molecule has 1 N–H and O–H groups in total. The number of hydrogen-bond acceptors (Lipinski definition) is 4. The molecule has 0 atom stereocenters. The number of fused-ring (bicyclic) bond motifs is 1. The topological polar surface area (TPSA) is 72.6 Å². The maximum atomic E-state index is 10.9. The van der Waals surface area contributed by atoms with Crippen LogP contribution in [0.2, 0.25) is 5.02 Å². The summed E-state index contributed by atoms with van der Waals surface area (Å²) in [6.07, 6.45) is 0.0502. The van der Waals surface area contributed by atoms with E-state index in [4.69, 9.17) is 25.9 Å². The van der Waals surface area contributed by atoms with E-state index in [1.165, 1.54) is 12.1 Å². The number of hydrogen-bond donors (Lipinski definition) is 1. The van der Waals surface area contributed by atoms with Crippen LogP contribution >= 0.6 is 11.6 Å². The number of halogens is 1. The molecule has 0 fully saturated rings. The van der Waals surface area contributed by atoms with Crippen molar-refractivity contribution >= 4 is 28.7 Å². The Morgan fingerprint density at radius 1 is 1.29 bits per heavy atom. The van der Waals surface area contributed by atoms with Crippen LogP contribution in [0.4, 0.5) is 0 Å². The van der Waals surface area contributed by atoms with Gasteiger partial charge in [-0.2, -0.15) is 4.98 Å². The molecule has 3 aromatic rings. The van der Waals surface area contributed by atoms with Gasteiger partial charge >= 0.3 is 12.0 Å². The van der Waals surface area contributed by atoms with Crippen molar-refractivity contribution in [1.82, 2.24) is 4.98 Å². The van der Waals surface area contributed by atoms with Crippen LogP contribution in [0.3, 0.4) is 0 Å². The van der Waals surface area contributed by atoms with Crippen LogP contribution in [0, 0.1) is 6.92 Å². The van der Waals surface area contributed by atoms with Gasteiger partial charge in [0.15, 0.2) is 5.58 Å². The van der Waals surface area contributed by atoms with Gasteiger partial charge < -0.3 is 14.3 Å². The van der Waals surface area contributed by atoms with Crippen molar-refractivity contribution in [3.05, 3.63) is 52.5 Å². The summed E-state index contributed by atoms with van der Waals surface area (Å²) < 4.78 is 10.9. The van der Waals surface area contributed by atoms with Crippen LogP contribution in [0.1, 0.15) is 15.9 Å². The zero-order valence-corrected chi connectivity index (χ0v) is 11.7. The highest BCUT2D eigenvalue weighted by atomic mass is 35.5. The van der Waals surface area contributed by atoms with Gasteiger partial charge in [-0.25, -0.2) is 4.79 Å². The van der Waals surface area contributed by atoms with Gasteiger partial charge in [0.2, 0.25) is 0 Å². The van der Waals surface area contributed by atoms with Gasteiger partial charge in [-0.1, -0.05) is 11.6 Å². The summed E-state index contributed by atoms with van der Waals surface area (Å²) in [6.45, 7) is 1.86. The molecule has 5 nitrogen and oxygen atoms in total. The lowest BCUT2D eigenvalue weighted by Gasteiger charge is -2.02. The highest BCUT2D eigenvalue weighted by Gasteiger charge is 2.11. The fourth-order valence-electron chi connectivity index (χ4n) is 1.86. The lowest BCUT2D eigenvalue weighted by molar-refractivity contribution is 0.0697. The lowest BCUT2D eigenvalue weighted by atomic mass is 10.2. The molecular weight excluding hydrogens is 294 g/mol. The second-order valence-electron chi connectivity index (χ2n) is 4.48. The van der Waals surface area contributed by atoms with Gasteiger partial charge in [0.1, 0.15) is 11.3 Å². The zero-order valence-electron chi connectivity index (χ0n) is 11.0. The summed E-state index contributed by atoms with van der Waals surface area (Å²) in [5.41, 5.74) is 1.89. The summed E-state index contributed by atoms with van der Waals surface area (Å²) >= 11 is 5.94. The van der Waals surface area contributed by atoms with E-state index in [0.29, 0.717) is 21.9 Å². The number of aryl methyl sites for hydroxylation is 1. The molecule has 0 saturated carbocycles. The van der Waals surface area contributed by atoms with E-state index in [1.807, 2.05) is 6.92 Å². The second-order valence-corrected chi connectivity index (χ2v) is 4.89. The normalized spacial score (nSPS) is 10.8. The molecular formula is C15H10ClNO4. The van der Waals surface area contributed by atoms with Crippen molar-refractivity contribution in [3.8, 4) is 11.8 Å². The van der Waals surface area contributed by atoms with Crippen LogP contribution in [0.25, 0.3) is 11.1 Å². The molecule has 0 amide bonds. The number of aromatic nitrogens is 1. The van der Waals surface area contributed by atoms with Crippen molar-refractivity contribution in [2.45, 2.75) is 6.92 Å². The second kappa shape index (κ2) is 5.10. The van der Waals surface area contributed by atoms with Gasteiger partial charge in [0, 0.05) is 5.02 Å². The molecule has 3 rings (SSSR count). The summed E-state index contributed by atoms with van der Waals surface area (Å²) in [5, 5.41) is 9.58. The molecule has 0 bridgehead atoms. The molecule has 2 aromatic carbocycles. The molecule has 0 aliphatic heterocycles. The van der Waals surface area contributed by atoms with E-state index in [-0.39, 0.29) is 11.6 Å². The van der Waals surface area contributed by atoms with Crippen molar-refractivity contribution in [2.75, 3.05) is 0 Å². The van der Waals surface area contributed by atoms with E-state index < -0.39 is 5.97 Å². The molecule has 0 radical (unpaired) electrons. The Morgan fingerprint density at radius 2 is 2.10 bits per heavy atom. The SMILES string of the molecule is Cc1cc(Oc2nc3ccc(C(=O)O)cc3o2)ccc1Cl. The number of carboxylic acids is 1. The standard InChI is InChI=1S/C15H10ClNO4/c1-8-6-10(3-4-11(8)16)20-15-17-12-5-2-9(14(18)19)7-13(12)21-15/h2-7H,1H3,(H,18,19). The molecule has 0 spiro atoms. The first-order valence-corrected chi connectivity index (χ1v) is 6.48. The van der Waals surface area contributed by atoms with E-state index in [0.717, 1.165) is 5.56 Å². The van der Waals surface area contributed by atoms with Crippen molar-refractivity contribution in [1.29, 1.82) is 0 Å². The summed E-state index contributed by atoms with van der Waals surface area (Å²) in [6, 6.07) is 9.63. The number of carboxylic acid groups (broad SMARTS) is 1. The van der Waals surface area contributed by atoms with E-state index in [9.17, 15) is 4.79 Å². The number of rotatable bonds is 3. The third-order valence-electron chi connectivity index (χ3n) is 2.95. The van der Waals surface area contributed by atoms with Crippen LogP contribution < -0.4 is 4.74 Å². The van der Waals surface area contributed by atoms with Gasteiger partial charge in [0.05, 0.1) is 5.56 Å². The van der Waals surface area contributed by atoms with Crippen LogP contribution in [0.15, 0.2) is 40.8 Å². The quantitative estimate of drug-likeness (QED) is 0.781. The number of ether oxygens (including phenoxy) is 1. The molecule has 1 aromatic heterocycles. The van der Waals surface area contributed by atoms with Crippen LogP contribution in [0.5, 0.6) is 11.8 Å². The lowest BCUT2D eigenvalue weighted by Crippen LogP contribution is -1.94. The van der Waals surface area contributed by atoms with E-state index in [1.54, 1.807) is 24.3 Å². The molecule has 0 aliphatic rings. The smallest absolute Gasteiger partial charge is 0.400 e. The average Bonchev–Trinajstić information content (AvgIpc) is 2.84. The highest BCUT2D eigenvalue weighted by molar-refractivity contribution is 6.31.